The van der Waals surface area contributed by atoms with Crippen molar-refractivity contribution in [3.8, 4) is 17.0 Å². The molecule has 0 N–H and O–H groups in total. The first-order valence-electron chi connectivity index (χ1n) is 7.61. The van der Waals surface area contributed by atoms with E-state index in [9.17, 15) is 9.59 Å². The van der Waals surface area contributed by atoms with Gasteiger partial charge in [0.25, 0.3) is 5.56 Å². The number of benzene rings is 1. The van der Waals surface area contributed by atoms with Crippen molar-refractivity contribution in [3.05, 3.63) is 52.3 Å². The van der Waals surface area contributed by atoms with Gasteiger partial charge in [-0.05, 0) is 68.7 Å². The molecule has 4 heteroatoms. The highest BCUT2D eigenvalue weighted by Gasteiger charge is 2.28. The van der Waals surface area contributed by atoms with Crippen LogP contribution >= 0.6 is 0 Å². The van der Waals surface area contributed by atoms with Gasteiger partial charge in [0.15, 0.2) is 5.78 Å². The fraction of sp³-hybridized carbons (Fsp3) is 0.333. The largest absolute Gasteiger partial charge is 0.494 e. The molecule has 1 aromatic carbocycles. The van der Waals surface area contributed by atoms with Crippen LogP contribution in [-0.2, 0) is 0 Å². The van der Waals surface area contributed by atoms with Crippen molar-refractivity contribution < 1.29 is 9.53 Å². The maximum Gasteiger partial charge on any atom is 0.262 e. The predicted octanol–water partition coefficient (Wildman–Crippen LogP) is 3.45. The molecule has 1 aliphatic rings. The summed E-state index contributed by atoms with van der Waals surface area (Å²) in [5.74, 6) is 0.629. The highest BCUT2D eigenvalue weighted by Crippen LogP contribution is 2.37. The lowest BCUT2D eigenvalue weighted by atomic mass is 10.1. The Labute approximate surface area is 129 Å². The molecule has 3 rings (SSSR count). The van der Waals surface area contributed by atoms with Gasteiger partial charge in [0, 0.05) is 6.04 Å². The number of rotatable bonds is 5. The van der Waals surface area contributed by atoms with E-state index in [1.165, 1.54) is 6.92 Å². The summed E-state index contributed by atoms with van der Waals surface area (Å²) in [5, 5.41) is 0. The van der Waals surface area contributed by atoms with Gasteiger partial charge in [-0.1, -0.05) is 0 Å². The number of carbonyl (C=O) groups excluding carboxylic acids is 1. The zero-order chi connectivity index (χ0) is 15.7. The third-order valence-electron chi connectivity index (χ3n) is 3.87. The number of hydrogen-bond donors (Lipinski definition) is 0. The van der Waals surface area contributed by atoms with Gasteiger partial charge in [-0.25, -0.2) is 0 Å². The van der Waals surface area contributed by atoms with Crippen molar-refractivity contribution in [2.75, 3.05) is 6.61 Å². The minimum atomic E-state index is -0.183. The first-order valence-corrected chi connectivity index (χ1v) is 7.61. The van der Waals surface area contributed by atoms with Gasteiger partial charge in [0.2, 0.25) is 0 Å². The van der Waals surface area contributed by atoms with E-state index in [2.05, 4.69) is 0 Å². The molecule has 0 aliphatic heterocycles. The van der Waals surface area contributed by atoms with E-state index in [1.807, 2.05) is 37.3 Å². The average Bonchev–Trinajstić information content (AvgIpc) is 3.32. The molecule has 1 fully saturated rings. The summed E-state index contributed by atoms with van der Waals surface area (Å²) in [7, 11) is 0. The molecule has 1 aliphatic carbocycles. The van der Waals surface area contributed by atoms with E-state index in [-0.39, 0.29) is 22.9 Å². The van der Waals surface area contributed by atoms with Crippen molar-refractivity contribution in [2.24, 2.45) is 0 Å². The third-order valence-corrected chi connectivity index (χ3v) is 3.87. The van der Waals surface area contributed by atoms with Crippen LogP contribution in [0, 0.1) is 0 Å². The molecule has 0 radical (unpaired) electrons. The lowest BCUT2D eigenvalue weighted by Crippen LogP contribution is -2.26. The van der Waals surface area contributed by atoms with E-state index in [4.69, 9.17) is 4.74 Å². The summed E-state index contributed by atoms with van der Waals surface area (Å²) >= 11 is 0. The van der Waals surface area contributed by atoms with Gasteiger partial charge in [-0.3, -0.25) is 9.59 Å². The van der Waals surface area contributed by atoms with Gasteiger partial charge in [-0.2, -0.15) is 0 Å². The molecular weight excluding hydrogens is 278 g/mol. The zero-order valence-electron chi connectivity index (χ0n) is 12.8. The molecule has 4 nitrogen and oxygen atoms in total. The van der Waals surface area contributed by atoms with Crippen LogP contribution in [-0.4, -0.2) is 17.0 Å². The summed E-state index contributed by atoms with van der Waals surface area (Å²) in [6.07, 6.45) is 1.98. The Bertz CT molecular complexity index is 755. The van der Waals surface area contributed by atoms with Crippen molar-refractivity contribution in [2.45, 2.75) is 32.7 Å². The Hall–Kier alpha value is -2.36. The van der Waals surface area contributed by atoms with Crippen LogP contribution in [0.25, 0.3) is 11.3 Å². The number of ketones is 1. The van der Waals surface area contributed by atoms with Crippen LogP contribution in [0.1, 0.15) is 43.1 Å². The van der Waals surface area contributed by atoms with Gasteiger partial charge in [0.05, 0.1) is 17.9 Å². The van der Waals surface area contributed by atoms with Gasteiger partial charge in [-0.15, -0.1) is 0 Å². The summed E-state index contributed by atoms with van der Waals surface area (Å²) in [6.45, 7) is 4.00. The Morgan fingerprint density at radius 2 is 1.86 bits per heavy atom. The maximum absolute atomic E-state index is 12.6. The fourth-order valence-corrected chi connectivity index (χ4v) is 2.64. The molecule has 0 atom stereocenters. The summed E-state index contributed by atoms with van der Waals surface area (Å²) < 4.78 is 7.22. The van der Waals surface area contributed by atoms with Crippen LogP contribution in [0.15, 0.2) is 41.2 Å². The average molecular weight is 297 g/mol. The monoisotopic (exact) mass is 297 g/mol. The SMILES string of the molecule is CCOc1ccc(-c2ccc(C(C)=O)c(=O)n2C2CC2)cc1. The van der Waals surface area contributed by atoms with Crippen molar-refractivity contribution in [3.63, 3.8) is 0 Å². The number of aromatic nitrogens is 1. The summed E-state index contributed by atoms with van der Waals surface area (Å²) in [5.41, 5.74) is 1.91. The van der Waals surface area contributed by atoms with Crippen molar-refractivity contribution >= 4 is 5.78 Å². The topological polar surface area (TPSA) is 48.3 Å². The highest BCUT2D eigenvalue weighted by molar-refractivity contribution is 5.94. The van der Waals surface area contributed by atoms with Crippen LogP contribution in [0.5, 0.6) is 5.75 Å². The van der Waals surface area contributed by atoms with E-state index < -0.39 is 0 Å². The normalized spacial score (nSPS) is 13.9. The van der Waals surface area contributed by atoms with Crippen LogP contribution in [0.3, 0.4) is 0 Å². The second kappa shape index (κ2) is 5.79. The Balaban J connectivity index is 2.08. The second-order valence-corrected chi connectivity index (χ2v) is 5.55. The Morgan fingerprint density at radius 1 is 1.18 bits per heavy atom. The highest BCUT2D eigenvalue weighted by atomic mass is 16.5. The van der Waals surface area contributed by atoms with E-state index >= 15 is 0 Å². The number of pyridine rings is 1. The smallest absolute Gasteiger partial charge is 0.262 e. The second-order valence-electron chi connectivity index (χ2n) is 5.55. The summed E-state index contributed by atoms with van der Waals surface area (Å²) in [4.78, 5) is 24.2. The standard InChI is InChI=1S/C18H19NO3/c1-3-22-15-8-4-13(5-9-15)17-11-10-16(12(2)20)18(21)19(17)14-6-7-14/h4-5,8-11,14H,3,6-7H2,1-2H3. The number of nitrogens with zero attached hydrogens (tertiary/aromatic N) is 1. The third kappa shape index (κ3) is 2.69. The lowest BCUT2D eigenvalue weighted by molar-refractivity contribution is 0.101. The van der Waals surface area contributed by atoms with Gasteiger partial charge < -0.3 is 9.30 Å². The first kappa shape index (κ1) is 14.6. The Kier molecular flexibility index (Phi) is 3.84. The van der Waals surface area contributed by atoms with Crippen LogP contribution < -0.4 is 10.3 Å². The van der Waals surface area contributed by atoms with Crippen LogP contribution in [0.2, 0.25) is 0 Å². The van der Waals surface area contributed by atoms with Gasteiger partial charge >= 0.3 is 0 Å². The van der Waals surface area contributed by atoms with Crippen molar-refractivity contribution in [1.82, 2.24) is 4.57 Å². The molecule has 1 heterocycles. The maximum atomic E-state index is 12.6. The minimum absolute atomic E-state index is 0.179. The van der Waals surface area contributed by atoms with E-state index in [0.29, 0.717) is 6.61 Å². The molecule has 0 unspecified atom stereocenters. The van der Waals surface area contributed by atoms with Crippen molar-refractivity contribution in [1.29, 1.82) is 0 Å². The zero-order valence-corrected chi connectivity index (χ0v) is 12.8. The molecule has 1 saturated carbocycles. The molecule has 1 aromatic heterocycles. The van der Waals surface area contributed by atoms with Crippen LogP contribution in [0.4, 0.5) is 0 Å². The number of hydrogen-bond acceptors (Lipinski definition) is 3. The summed E-state index contributed by atoms with van der Waals surface area (Å²) in [6, 6.07) is 11.4. The Morgan fingerprint density at radius 3 is 2.41 bits per heavy atom. The number of carbonyl (C=O) groups is 1. The van der Waals surface area contributed by atoms with E-state index in [0.717, 1.165) is 29.8 Å². The molecule has 0 amide bonds. The molecule has 114 valence electrons. The molecular formula is C18H19NO3. The number of Topliss-reactive ketones (excluding diaryl/α,β-unsaturated/α-hetero) is 1. The number of ether oxygens (including phenoxy) is 1. The molecule has 0 bridgehead atoms. The predicted molar refractivity (Wildman–Crippen MR) is 85.6 cm³/mol. The minimum Gasteiger partial charge on any atom is -0.494 e. The quantitative estimate of drug-likeness (QED) is 0.794. The first-order chi connectivity index (χ1) is 10.6. The molecule has 22 heavy (non-hydrogen) atoms. The molecule has 2 aromatic rings. The molecule has 0 saturated heterocycles. The van der Waals surface area contributed by atoms with E-state index in [1.54, 1.807) is 10.6 Å². The van der Waals surface area contributed by atoms with Gasteiger partial charge in [0.1, 0.15) is 5.75 Å². The fourth-order valence-electron chi connectivity index (χ4n) is 2.64. The molecule has 0 spiro atoms. The lowest BCUT2D eigenvalue weighted by Gasteiger charge is -2.14.